The minimum absolute atomic E-state index is 0.181. The van der Waals surface area contributed by atoms with Gasteiger partial charge < -0.3 is 4.74 Å². The third-order valence-electron chi connectivity index (χ3n) is 4.48. The number of aryl methyl sites for hydroxylation is 1. The summed E-state index contributed by atoms with van der Waals surface area (Å²) in [5.41, 5.74) is -0.335. The summed E-state index contributed by atoms with van der Waals surface area (Å²) in [7, 11) is 0. The van der Waals surface area contributed by atoms with E-state index in [0.717, 1.165) is 12.8 Å². The predicted molar refractivity (Wildman–Crippen MR) is 108 cm³/mol. The summed E-state index contributed by atoms with van der Waals surface area (Å²) >= 11 is 0. The van der Waals surface area contributed by atoms with Crippen molar-refractivity contribution in [2.24, 2.45) is 0 Å². The maximum atomic E-state index is 11.7. The van der Waals surface area contributed by atoms with Gasteiger partial charge in [0.15, 0.2) is 0 Å². The van der Waals surface area contributed by atoms with Crippen LogP contribution in [0.25, 0.3) is 0 Å². The third-order valence-corrected chi connectivity index (χ3v) is 4.48. The van der Waals surface area contributed by atoms with Gasteiger partial charge in [0, 0.05) is 24.7 Å². The number of ether oxygens (including phenoxy) is 1. The normalized spacial score (nSPS) is 11.2. The van der Waals surface area contributed by atoms with Crippen molar-refractivity contribution < 1.29 is 9.53 Å². The van der Waals surface area contributed by atoms with Crippen LogP contribution in [0, 0.1) is 6.92 Å². The third kappa shape index (κ3) is 10.6. The average molecular weight is 379 g/mol. The van der Waals surface area contributed by atoms with Crippen molar-refractivity contribution in [3.63, 3.8) is 0 Å². The number of allylic oxidation sites excluding steroid dienone is 1. The topological polar surface area (TPSA) is 81.2 Å². The number of carbonyl (C=O) groups excluding carboxylic acids is 1. The Morgan fingerprint density at radius 3 is 2.33 bits per heavy atom. The fraction of sp³-hybridized carbons (Fsp3) is 0.667. The summed E-state index contributed by atoms with van der Waals surface area (Å²) in [6.45, 7) is 4.40. The lowest BCUT2D eigenvalue weighted by Gasteiger charge is -2.04. The lowest BCUT2D eigenvalue weighted by molar-refractivity contribution is -0.142. The largest absolute Gasteiger partial charge is 0.461 e. The van der Waals surface area contributed by atoms with E-state index < -0.39 is 5.69 Å². The van der Waals surface area contributed by atoms with Gasteiger partial charge in [-0.3, -0.25) is 19.1 Å². The molecule has 1 heterocycles. The van der Waals surface area contributed by atoms with Crippen LogP contribution >= 0.6 is 0 Å². The zero-order chi connectivity index (χ0) is 19.9. The van der Waals surface area contributed by atoms with Crippen molar-refractivity contribution in [2.75, 3.05) is 6.61 Å². The van der Waals surface area contributed by atoms with Crippen molar-refractivity contribution >= 4 is 5.97 Å². The Morgan fingerprint density at radius 2 is 1.67 bits per heavy atom. The summed E-state index contributed by atoms with van der Waals surface area (Å²) in [6.07, 6.45) is 16.4. The van der Waals surface area contributed by atoms with E-state index in [9.17, 15) is 14.4 Å². The van der Waals surface area contributed by atoms with Crippen molar-refractivity contribution in [2.45, 2.75) is 84.6 Å². The molecule has 0 saturated carbocycles. The molecule has 0 aromatic carbocycles. The number of carbonyl (C=O) groups is 1. The van der Waals surface area contributed by atoms with Gasteiger partial charge >= 0.3 is 11.7 Å². The van der Waals surface area contributed by atoms with Gasteiger partial charge in [-0.25, -0.2) is 4.79 Å². The first kappa shape index (κ1) is 22.9. The number of nitrogens with zero attached hydrogens (tertiary/aromatic N) is 1. The van der Waals surface area contributed by atoms with Crippen LogP contribution in [0.4, 0.5) is 0 Å². The molecule has 1 aromatic heterocycles. The maximum absolute atomic E-state index is 11.7. The molecular weight excluding hydrogens is 344 g/mol. The standard InChI is InChI=1S/C21H34N2O4/c1-3-4-5-6-7-8-9-10-11-14-19(24)27-16-13-12-15-23-17-18(2)20(25)22-21(23)26/h12-13,17H,3-11,14-16H2,1-2H3,(H,22,25,26)/b13-12+. The SMILES string of the molecule is CCCCCCCCCCCC(=O)OC/C=C/Cn1cc(C)c(=O)[nH]c1=O. The average Bonchev–Trinajstić information content (AvgIpc) is 2.64. The highest BCUT2D eigenvalue weighted by Crippen LogP contribution is 2.10. The van der Waals surface area contributed by atoms with Crippen molar-refractivity contribution in [1.29, 1.82) is 0 Å². The second-order valence-electron chi connectivity index (χ2n) is 6.96. The second kappa shape index (κ2) is 14.0. The molecule has 0 radical (unpaired) electrons. The molecule has 27 heavy (non-hydrogen) atoms. The van der Waals surface area contributed by atoms with E-state index in [1.807, 2.05) is 0 Å². The fourth-order valence-corrected chi connectivity index (χ4v) is 2.80. The van der Waals surface area contributed by atoms with E-state index in [1.54, 1.807) is 19.1 Å². The van der Waals surface area contributed by atoms with Gasteiger partial charge in [-0.05, 0) is 19.4 Å². The molecule has 0 saturated heterocycles. The van der Waals surface area contributed by atoms with E-state index in [4.69, 9.17) is 4.74 Å². The fourth-order valence-electron chi connectivity index (χ4n) is 2.80. The Kier molecular flexibility index (Phi) is 11.9. The number of aromatic nitrogens is 2. The number of hydrogen-bond acceptors (Lipinski definition) is 4. The number of esters is 1. The Balaban J connectivity index is 2.07. The summed E-state index contributed by atoms with van der Waals surface area (Å²) in [5, 5.41) is 0. The molecule has 0 aliphatic carbocycles. The van der Waals surface area contributed by atoms with Crippen LogP contribution in [-0.2, 0) is 16.1 Å². The molecule has 0 fully saturated rings. The van der Waals surface area contributed by atoms with Crippen LogP contribution in [0.15, 0.2) is 27.9 Å². The van der Waals surface area contributed by atoms with Gasteiger partial charge in [0.25, 0.3) is 5.56 Å². The molecule has 0 aliphatic heterocycles. The molecule has 0 bridgehead atoms. The number of nitrogens with one attached hydrogen (secondary N) is 1. The highest BCUT2D eigenvalue weighted by atomic mass is 16.5. The Labute approximate surface area is 161 Å². The Hall–Kier alpha value is -2.11. The summed E-state index contributed by atoms with van der Waals surface area (Å²) in [4.78, 5) is 36.8. The molecule has 1 rings (SSSR count). The van der Waals surface area contributed by atoms with Crippen LogP contribution in [0.2, 0.25) is 0 Å². The van der Waals surface area contributed by atoms with Crippen molar-refractivity contribution in [1.82, 2.24) is 9.55 Å². The summed E-state index contributed by atoms with van der Waals surface area (Å²) in [6, 6.07) is 0. The van der Waals surface area contributed by atoms with Crippen molar-refractivity contribution in [3.05, 3.63) is 44.8 Å². The van der Waals surface area contributed by atoms with Crippen LogP contribution < -0.4 is 11.2 Å². The van der Waals surface area contributed by atoms with Gasteiger partial charge in [0.05, 0.1) is 0 Å². The lowest BCUT2D eigenvalue weighted by Crippen LogP contribution is -2.30. The molecule has 0 aliphatic rings. The summed E-state index contributed by atoms with van der Waals surface area (Å²) < 4.78 is 6.55. The molecule has 0 atom stereocenters. The first-order valence-electron chi connectivity index (χ1n) is 10.2. The van der Waals surface area contributed by atoms with Gasteiger partial charge in [-0.15, -0.1) is 0 Å². The smallest absolute Gasteiger partial charge is 0.328 e. The molecule has 1 aromatic rings. The van der Waals surface area contributed by atoms with Crippen LogP contribution in [-0.4, -0.2) is 22.1 Å². The van der Waals surface area contributed by atoms with Gasteiger partial charge in [-0.1, -0.05) is 64.4 Å². The summed E-state index contributed by atoms with van der Waals surface area (Å²) in [5.74, 6) is -0.181. The van der Waals surface area contributed by atoms with E-state index in [1.165, 1.54) is 55.7 Å². The van der Waals surface area contributed by atoms with Crippen molar-refractivity contribution in [3.8, 4) is 0 Å². The lowest BCUT2D eigenvalue weighted by atomic mass is 10.1. The van der Waals surface area contributed by atoms with Gasteiger partial charge in [-0.2, -0.15) is 0 Å². The first-order valence-corrected chi connectivity index (χ1v) is 10.2. The Bertz CT molecular complexity index is 688. The quantitative estimate of drug-likeness (QED) is 0.303. The highest BCUT2D eigenvalue weighted by molar-refractivity contribution is 5.69. The van der Waals surface area contributed by atoms with E-state index in [0.29, 0.717) is 18.5 Å². The van der Waals surface area contributed by atoms with E-state index >= 15 is 0 Å². The minimum atomic E-state index is -0.447. The van der Waals surface area contributed by atoms with E-state index in [2.05, 4.69) is 11.9 Å². The van der Waals surface area contributed by atoms with Crippen LogP contribution in [0.5, 0.6) is 0 Å². The maximum Gasteiger partial charge on any atom is 0.328 e. The number of unbranched alkanes of at least 4 members (excludes halogenated alkanes) is 8. The number of rotatable bonds is 14. The first-order chi connectivity index (χ1) is 13.0. The predicted octanol–water partition coefficient (Wildman–Crippen LogP) is 3.87. The molecule has 0 unspecified atom stereocenters. The van der Waals surface area contributed by atoms with Gasteiger partial charge in [0.1, 0.15) is 6.61 Å². The molecule has 0 amide bonds. The Morgan fingerprint density at radius 1 is 1.04 bits per heavy atom. The number of aromatic amines is 1. The second-order valence-corrected chi connectivity index (χ2v) is 6.96. The molecule has 6 heteroatoms. The molecular formula is C21H34N2O4. The highest BCUT2D eigenvalue weighted by Gasteiger charge is 2.02. The number of H-pyrrole nitrogens is 1. The van der Waals surface area contributed by atoms with E-state index in [-0.39, 0.29) is 18.1 Å². The monoisotopic (exact) mass is 378 g/mol. The zero-order valence-electron chi connectivity index (χ0n) is 16.8. The van der Waals surface area contributed by atoms with Gasteiger partial charge in [0.2, 0.25) is 0 Å². The molecule has 1 N–H and O–H groups in total. The number of hydrogen-bond donors (Lipinski definition) is 1. The van der Waals surface area contributed by atoms with Crippen LogP contribution in [0.3, 0.4) is 0 Å². The zero-order valence-corrected chi connectivity index (χ0v) is 16.8. The minimum Gasteiger partial charge on any atom is -0.461 e. The molecule has 6 nitrogen and oxygen atoms in total. The molecule has 0 spiro atoms. The molecule has 152 valence electrons. The van der Waals surface area contributed by atoms with Crippen LogP contribution in [0.1, 0.15) is 76.7 Å².